The topological polar surface area (TPSA) is 100 Å². The number of ether oxygens (including phenoxy) is 3. The van der Waals surface area contributed by atoms with Gasteiger partial charge in [-0.05, 0) is 32.9 Å². The molecule has 0 aromatic carbocycles. The van der Waals surface area contributed by atoms with Crippen LogP contribution in [0.4, 0.5) is 13.6 Å². The zero-order valence-electron chi connectivity index (χ0n) is 23.1. The Kier molecular flexibility index (Phi) is 9.53. The van der Waals surface area contributed by atoms with Gasteiger partial charge in [0.15, 0.2) is 5.69 Å². The van der Waals surface area contributed by atoms with Gasteiger partial charge in [-0.3, -0.25) is 5.10 Å². The molecule has 1 N–H and O–H groups in total. The molecule has 1 aromatic heterocycles. The smallest absolute Gasteiger partial charge is 0.410 e. The third kappa shape index (κ3) is 7.84. The maximum Gasteiger partial charge on any atom is 0.410 e. The van der Waals surface area contributed by atoms with Gasteiger partial charge in [0.2, 0.25) is 12.7 Å². The Morgan fingerprint density at radius 3 is 2.03 bits per heavy atom. The fraction of sp³-hybridized carbons (Fsp3) is 0.792. The molecule has 0 fully saturated rings. The lowest BCUT2D eigenvalue weighted by Crippen LogP contribution is -2.59. The number of hydrogen-bond donors (Lipinski definition) is 1. The fourth-order valence-corrected chi connectivity index (χ4v) is 5.26. The molecule has 0 radical (unpaired) electrons. The monoisotopic (exact) mass is 544 g/mol. The van der Waals surface area contributed by atoms with Crippen molar-refractivity contribution in [3.63, 3.8) is 0 Å². The van der Waals surface area contributed by atoms with E-state index < -0.39 is 52.5 Å². The summed E-state index contributed by atoms with van der Waals surface area (Å²) in [5.74, 6) is 0. The summed E-state index contributed by atoms with van der Waals surface area (Å²) in [6, 6.07) is 3.29. The summed E-state index contributed by atoms with van der Waals surface area (Å²) in [5, 5.41) is 16.3. The zero-order chi connectivity index (χ0) is 27.5. The highest BCUT2D eigenvalue weighted by atomic mass is 28.3. The number of nitriles is 1. The number of aromatic nitrogens is 2. The Hall–Kier alpha value is -1.82. The van der Waals surface area contributed by atoms with Crippen LogP contribution >= 0.6 is 0 Å². The largest absolute Gasteiger partial charge is 0.444 e. The maximum absolute atomic E-state index is 16.2. The van der Waals surface area contributed by atoms with Crippen LogP contribution in [0.5, 0.6) is 0 Å². The Balaban J connectivity index is 2.52. The highest BCUT2D eigenvalue weighted by Crippen LogP contribution is 2.43. The fourth-order valence-electron chi connectivity index (χ4n) is 3.80. The second kappa shape index (κ2) is 11.3. The third-order valence-electron chi connectivity index (χ3n) is 5.93. The van der Waals surface area contributed by atoms with Crippen molar-refractivity contribution in [2.45, 2.75) is 102 Å². The lowest BCUT2D eigenvalue weighted by molar-refractivity contribution is -0.187. The first-order valence-electron chi connectivity index (χ1n) is 12.4. The average Bonchev–Trinajstić information content (AvgIpc) is 3.13. The number of rotatable bonds is 10. The van der Waals surface area contributed by atoms with Crippen molar-refractivity contribution in [3.05, 3.63) is 17.0 Å². The minimum absolute atomic E-state index is 0.0359. The normalized spacial score (nSPS) is 20.4. The van der Waals surface area contributed by atoms with Gasteiger partial charge < -0.3 is 19.1 Å². The average molecular weight is 545 g/mol. The number of aromatic amines is 1. The van der Waals surface area contributed by atoms with Crippen LogP contribution in [-0.2, 0) is 26.2 Å². The van der Waals surface area contributed by atoms with E-state index in [1.54, 1.807) is 20.8 Å². The molecule has 1 aromatic rings. The van der Waals surface area contributed by atoms with Crippen molar-refractivity contribution < 1.29 is 27.8 Å². The summed E-state index contributed by atoms with van der Waals surface area (Å²) in [6.45, 7) is 17.6. The van der Waals surface area contributed by atoms with E-state index in [2.05, 4.69) is 49.5 Å². The second-order valence-electron chi connectivity index (χ2n) is 12.9. The molecule has 204 valence electrons. The molecule has 0 spiro atoms. The van der Waals surface area contributed by atoms with E-state index in [-0.39, 0.29) is 36.7 Å². The summed E-state index contributed by atoms with van der Waals surface area (Å²) in [6.07, 6.45) is -5.07. The maximum atomic E-state index is 16.2. The summed E-state index contributed by atoms with van der Waals surface area (Å²) in [5.41, 5.74) is -2.60. The lowest BCUT2D eigenvalue weighted by Gasteiger charge is -2.44. The first-order valence-corrected chi connectivity index (χ1v) is 19.8. The van der Waals surface area contributed by atoms with Crippen LogP contribution in [0.3, 0.4) is 0 Å². The van der Waals surface area contributed by atoms with E-state index in [9.17, 15) is 10.1 Å². The van der Waals surface area contributed by atoms with Crippen LogP contribution in [0.25, 0.3) is 0 Å². The van der Waals surface area contributed by atoms with E-state index in [4.69, 9.17) is 14.2 Å². The van der Waals surface area contributed by atoms with Gasteiger partial charge in [-0.2, -0.15) is 10.4 Å². The van der Waals surface area contributed by atoms with Crippen LogP contribution in [0.1, 0.15) is 37.7 Å². The van der Waals surface area contributed by atoms with Crippen LogP contribution in [0, 0.1) is 11.3 Å². The number of nitrogens with zero attached hydrogens (tertiary/aromatic N) is 3. The molecule has 0 bridgehead atoms. The number of H-pyrrole nitrogens is 1. The van der Waals surface area contributed by atoms with Crippen molar-refractivity contribution in [3.8, 4) is 6.07 Å². The first-order chi connectivity index (χ1) is 16.4. The van der Waals surface area contributed by atoms with Gasteiger partial charge in [0.1, 0.15) is 17.1 Å². The molecule has 8 nitrogen and oxygen atoms in total. The summed E-state index contributed by atoms with van der Waals surface area (Å²) < 4.78 is 49.1. The quantitative estimate of drug-likeness (QED) is 0.387. The first kappa shape index (κ1) is 30.4. The Bertz CT molecular complexity index is 922. The van der Waals surface area contributed by atoms with E-state index in [0.29, 0.717) is 12.1 Å². The second-order valence-corrected chi connectivity index (χ2v) is 24.2. The van der Waals surface area contributed by atoms with Crippen molar-refractivity contribution in [2.75, 3.05) is 19.8 Å². The number of nitrogens with one attached hydrogen (secondary N) is 1. The summed E-state index contributed by atoms with van der Waals surface area (Å²) in [4.78, 5) is 14.2. The Morgan fingerprint density at radius 2 is 1.61 bits per heavy atom. The lowest BCUT2D eigenvalue weighted by atomic mass is 9.78. The van der Waals surface area contributed by atoms with Gasteiger partial charge in [-0.1, -0.05) is 39.3 Å². The number of hydrogen-bond acceptors (Lipinski definition) is 6. The van der Waals surface area contributed by atoms with Gasteiger partial charge >= 0.3 is 6.09 Å². The van der Waals surface area contributed by atoms with Gasteiger partial charge in [-0.15, -0.1) is 0 Å². The third-order valence-corrected chi connectivity index (χ3v) is 9.34. The van der Waals surface area contributed by atoms with Gasteiger partial charge in [0.25, 0.3) is 0 Å². The van der Waals surface area contributed by atoms with E-state index in [1.807, 2.05) is 6.07 Å². The van der Waals surface area contributed by atoms with Crippen molar-refractivity contribution in [1.29, 1.82) is 5.26 Å². The van der Waals surface area contributed by atoms with E-state index in [1.165, 1.54) is 4.90 Å². The number of fused-ring (bicyclic) bond motifs is 1. The SMILES string of the molecule is CC(C)(C)OC(=O)N1Cc2c(C#N)n[nH]c2C(C(F)OCC[Si](C)(C)C)(C(F)OCC[Si](C)(C)C)C1. The molecule has 1 aliphatic heterocycles. The van der Waals surface area contributed by atoms with Crippen molar-refractivity contribution >= 4 is 22.2 Å². The highest BCUT2D eigenvalue weighted by Gasteiger charge is 2.57. The molecule has 36 heavy (non-hydrogen) atoms. The molecule has 2 unspecified atom stereocenters. The number of amides is 1. The number of halogens is 2. The Labute approximate surface area is 215 Å². The predicted octanol–water partition coefficient (Wildman–Crippen LogP) is 5.57. The molecule has 2 rings (SSSR count). The van der Waals surface area contributed by atoms with Crippen LogP contribution in [0.2, 0.25) is 51.4 Å². The molecular formula is C24H42F2N4O4Si2. The molecular weight excluding hydrogens is 502 g/mol. The molecule has 12 heteroatoms. The molecule has 1 aliphatic rings. The molecule has 0 saturated carbocycles. The van der Waals surface area contributed by atoms with Gasteiger partial charge in [-0.25, -0.2) is 13.6 Å². The number of carbonyl (C=O) groups is 1. The van der Waals surface area contributed by atoms with E-state index in [0.717, 1.165) is 0 Å². The van der Waals surface area contributed by atoms with Gasteiger partial charge in [0, 0.05) is 41.5 Å². The molecule has 0 saturated heterocycles. The van der Waals surface area contributed by atoms with Gasteiger partial charge in [0.05, 0.1) is 12.2 Å². The van der Waals surface area contributed by atoms with Crippen LogP contribution in [0.15, 0.2) is 0 Å². The van der Waals surface area contributed by atoms with Crippen LogP contribution < -0.4 is 0 Å². The number of carbonyl (C=O) groups excluding carboxylic acids is 1. The minimum Gasteiger partial charge on any atom is -0.444 e. The molecule has 1 amide bonds. The van der Waals surface area contributed by atoms with Crippen molar-refractivity contribution in [2.24, 2.45) is 0 Å². The van der Waals surface area contributed by atoms with Crippen LogP contribution in [-0.4, -0.2) is 75.4 Å². The standard InChI is InChI=1S/C24H42F2N4O4Si2/c1-23(2,3)34-22(31)30-15-17-18(14-27)28-29-19(17)24(16-30,20(25)32-10-12-35(4,5)6)21(26)33-11-13-36(7,8)9/h20-21H,10-13,15-16H2,1-9H3,(H,28,29). The predicted molar refractivity (Wildman–Crippen MR) is 140 cm³/mol. The summed E-state index contributed by atoms with van der Waals surface area (Å²) in [7, 11) is -3.12. The highest BCUT2D eigenvalue weighted by molar-refractivity contribution is 6.76. The summed E-state index contributed by atoms with van der Waals surface area (Å²) >= 11 is 0. The minimum atomic E-state index is -2.16. The molecule has 0 aliphatic carbocycles. The van der Waals surface area contributed by atoms with Crippen molar-refractivity contribution in [1.82, 2.24) is 15.1 Å². The number of alkyl halides is 2. The van der Waals surface area contributed by atoms with E-state index >= 15 is 8.78 Å². The Morgan fingerprint density at radius 1 is 1.11 bits per heavy atom. The molecule has 2 atom stereocenters. The molecule has 2 heterocycles. The zero-order valence-corrected chi connectivity index (χ0v) is 25.1.